The largest absolute Gasteiger partial charge is 0.323 e. The normalized spacial score (nSPS) is 21.6. The van der Waals surface area contributed by atoms with E-state index in [2.05, 4.69) is 49.9 Å². The maximum Gasteiger partial charge on any atom is 0.0424 e. The fraction of sp³-hybridized carbons (Fsp3) is 0.667. The summed E-state index contributed by atoms with van der Waals surface area (Å²) in [6, 6.07) is 9.05. The van der Waals surface area contributed by atoms with Crippen molar-refractivity contribution in [3.63, 3.8) is 0 Å². The first-order chi connectivity index (χ1) is 9.60. The molecular weight excluding hydrogens is 244 g/mol. The molecule has 2 nitrogen and oxygen atoms in total. The summed E-state index contributed by atoms with van der Waals surface area (Å²) in [5, 5.41) is 0. The fourth-order valence-electron chi connectivity index (χ4n) is 3.18. The molecular formula is C18H30N2. The SMILES string of the molecule is CCCc1ccc(C(N)CN2CCC(C(C)C)C2)cc1. The Morgan fingerprint density at radius 3 is 2.50 bits per heavy atom. The van der Waals surface area contributed by atoms with Crippen LogP contribution in [0.15, 0.2) is 24.3 Å². The first-order valence-electron chi connectivity index (χ1n) is 8.17. The Kier molecular flexibility index (Phi) is 5.62. The Labute approximate surface area is 124 Å². The Morgan fingerprint density at radius 1 is 1.25 bits per heavy atom. The van der Waals surface area contributed by atoms with Gasteiger partial charge in [0.25, 0.3) is 0 Å². The van der Waals surface area contributed by atoms with Crippen molar-refractivity contribution in [1.82, 2.24) is 4.90 Å². The van der Waals surface area contributed by atoms with Gasteiger partial charge in [0.1, 0.15) is 0 Å². The van der Waals surface area contributed by atoms with Crippen LogP contribution in [-0.4, -0.2) is 24.5 Å². The minimum absolute atomic E-state index is 0.150. The van der Waals surface area contributed by atoms with Crippen molar-refractivity contribution in [2.24, 2.45) is 17.6 Å². The van der Waals surface area contributed by atoms with Crippen LogP contribution in [0, 0.1) is 11.8 Å². The van der Waals surface area contributed by atoms with Gasteiger partial charge in [-0.3, -0.25) is 0 Å². The van der Waals surface area contributed by atoms with Crippen molar-refractivity contribution in [2.75, 3.05) is 19.6 Å². The maximum absolute atomic E-state index is 6.38. The molecule has 1 aliphatic heterocycles. The van der Waals surface area contributed by atoms with Gasteiger partial charge in [-0.1, -0.05) is 51.5 Å². The molecule has 0 spiro atoms. The molecule has 1 aromatic carbocycles. The van der Waals surface area contributed by atoms with E-state index in [-0.39, 0.29) is 6.04 Å². The maximum atomic E-state index is 6.38. The molecule has 20 heavy (non-hydrogen) atoms. The first-order valence-corrected chi connectivity index (χ1v) is 8.17. The number of likely N-dealkylation sites (tertiary alicyclic amines) is 1. The lowest BCUT2D eigenvalue weighted by Gasteiger charge is -2.22. The van der Waals surface area contributed by atoms with Crippen LogP contribution in [0.4, 0.5) is 0 Å². The van der Waals surface area contributed by atoms with Crippen LogP contribution in [-0.2, 0) is 6.42 Å². The number of nitrogens with two attached hydrogens (primary N) is 1. The van der Waals surface area contributed by atoms with Crippen LogP contribution >= 0.6 is 0 Å². The molecule has 0 amide bonds. The Morgan fingerprint density at radius 2 is 1.95 bits per heavy atom. The van der Waals surface area contributed by atoms with Crippen LogP contribution in [0.1, 0.15) is 50.8 Å². The van der Waals surface area contributed by atoms with Gasteiger partial charge in [0.2, 0.25) is 0 Å². The highest BCUT2D eigenvalue weighted by atomic mass is 15.2. The quantitative estimate of drug-likeness (QED) is 0.858. The van der Waals surface area contributed by atoms with Crippen LogP contribution in [0.3, 0.4) is 0 Å². The zero-order valence-electron chi connectivity index (χ0n) is 13.3. The van der Waals surface area contributed by atoms with E-state index in [0.717, 1.165) is 24.8 Å². The number of rotatable bonds is 6. The summed E-state index contributed by atoms with van der Waals surface area (Å²) in [5.41, 5.74) is 9.08. The number of benzene rings is 1. The van der Waals surface area contributed by atoms with E-state index < -0.39 is 0 Å². The third-order valence-corrected chi connectivity index (χ3v) is 4.65. The van der Waals surface area contributed by atoms with E-state index in [4.69, 9.17) is 5.73 Å². The molecule has 0 aliphatic carbocycles. The zero-order chi connectivity index (χ0) is 14.5. The second-order valence-corrected chi connectivity index (χ2v) is 6.65. The van der Waals surface area contributed by atoms with Gasteiger partial charge >= 0.3 is 0 Å². The molecule has 0 bridgehead atoms. The van der Waals surface area contributed by atoms with Gasteiger partial charge in [-0.15, -0.1) is 0 Å². The second kappa shape index (κ2) is 7.24. The van der Waals surface area contributed by atoms with Crippen molar-refractivity contribution in [3.05, 3.63) is 35.4 Å². The molecule has 2 heteroatoms. The van der Waals surface area contributed by atoms with Crippen LogP contribution in [0.5, 0.6) is 0 Å². The lowest BCUT2D eigenvalue weighted by Crippen LogP contribution is -2.31. The fourth-order valence-corrected chi connectivity index (χ4v) is 3.18. The molecule has 1 fully saturated rings. The van der Waals surface area contributed by atoms with Crippen molar-refractivity contribution >= 4 is 0 Å². The highest BCUT2D eigenvalue weighted by molar-refractivity contribution is 5.25. The number of aryl methyl sites for hydroxylation is 1. The van der Waals surface area contributed by atoms with Crippen molar-refractivity contribution in [2.45, 2.75) is 46.1 Å². The topological polar surface area (TPSA) is 29.3 Å². The summed E-state index contributed by atoms with van der Waals surface area (Å²) in [4.78, 5) is 2.54. The van der Waals surface area contributed by atoms with Gasteiger partial charge in [0.15, 0.2) is 0 Å². The van der Waals surface area contributed by atoms with Crippen LogP contribution in [0.2, 0.25) is 0 Å². The molecule has 1 aromatic rings. The summed E-state index contributed by atoms with van der Waals surface area (Å²) >= 11 is 0. The standard InChI is InChI=1S/C18H30N2/c1-4-5-15-6-8-16(9-7-15)18(19)13-20-11-10-17(12-20)14(2)3/h6-9,14,17-18H,4-5,10-13,19H2,1-3H3. The predicted molar refractivity (Wildman–Crippen MR) is 86.8 cm³/mol. The summed E-state index contributed by atoms with van der Waals surface area (Å²) in [7, 11) is 0. The highest BCUT2D eigenvalue weighted by Crippen LogP contribution is 2.25. The van der Waals surface area contributed by atoms with Crippen molar-refractivity contribution in [1.29, 1.82) is 0 Å². The van der Waals surface area contributed by atoms with E-state index in [1.165, 1.54) is 37.1 Å². The molecule has 0 saturated carbocycles. The minimum atomic E-state index is 0.150. The molecule has 2 rings (SSSR count). The monoisotopic (exact) mass is 274 g/mol. The van der Waals surface area contributed by atoms with Gasteiger partial charge in [-0.25, -0.2) is 0 Å². The zero-order valence-corrected chi connectivity index (χ0v) is 13.3. The first kappa shape index (κ1) is 15.5. The van der Waals surface area contributed by atoms with Crippen molar-refractivity contribution < 1.29 is 0 Å². The molecule has 0 radical (unpaired) electrons. The summed E-state index contributed by atoms with van der Waals surface area (Å²) in [6.07, 6.45) is 3.70. The Balaban J connectivity index is 1.87. The summed E-state index contributed by atoms with van der Waals surface area (Å²) < 4.78 is 0. The summed E-state index contributed by atoms with van der Waals surface area (Å²) in [5.74, 6) is 1.65. The highest BCUT2D eigenvalue weighted by Gasteiger charge is 2.25. The van der Waals surface area contributed by atoms with Gasteiger partial charge < -0.3 is 10.6 Å². The minimum Gasteiger partial charge on any atom is -0.323 e. The summed E-state index contributed by atoms with van der Waals surface area (Å²) in [6.45, 7) is 10.3. The average Bonchev–Trinajstić information content (AvgIpc) is 2.88. The molecule has 0 aromatic heterocycles. The van der Waals surface area contributed by atoms with Crippen LogP contribution < -0.4 is 5.73 Å². The van der Waals surface area contributed by atoms with Gasteiger partial charge in [-0.05, 0) is 42.3 Å². The third-order valence-electron chi connectivity index (χ3n) is 4.65. The van der Waals surface area contributed by atoms with Crippen LogP contribution in [0.25, 0.3) is 0 Å². The van der Waals surface area contributed by atoms with E-state index >= 15 is 0 Å². The molecule has 2 N–H and O–H groups in total. The molecule has 1 heterocycles. The Hall–Kier alpha value is -0.860. The Bertz CT molecular complexity index is 396. The van der Waals surface area contributed by atoms with Gasteiger partial charge in [0.05, 0.1) is 0 Å². The molecule has 1 saturated heterocycles. The average molecular weight is 274 g/mol. The van der Waals surface area contributed by atoms with E-state index in [1.807, 2.05) is 0 Å². The van der Waals surface area contributed by atoms with E-state index in [0.29, 0.717) is 0 Å². The predicted octanol–water partition coefficient (Wildman–Crippen LogP) is 3.62. The second-order valence-electron chi connectivity index (χ2n) is 6.65. The third kappa shape index (κ3) is 4.07. The lowest BCUT2D eigenvalue weighted by molar-refractivity contribution is 0.287. The smallest absolute Gasteiger partial charge is 0.0424 e. The van der Waals surface area contributed by atoms with E-state index in [9.17, 15) is 0 Å². The molecule has 2 atom stereocenters. The van der Waals surface area contributed by atoms with E-state index in [1.54, 1.807) is 0 Å². The molecule has 1 aliphatic rings. The van der Waals surface area contributed by atoms with Gasteiger partial charge in [-0.2, -0.15) is 0 Å². The number of nitrogens with zero attached hydrogens (tertiary/aromatic N) is 1. The van der Waals surface area contributed by atoms with Gasteiger partial charge in [0, 0.05) is 19.1 Å². The van der Waals surface area contributed by atoms with Crippen molar-refractivity contribution in [3.8, 4) is 0 Å². The molecule has 112 valence electrons. The number of hydrogen-bond acceptors (Lipinski definition) is 2. The molecule has 2 unspecified atom stereocenters. The lowest BCUT2D eigenvalue weighted by atomic mass is 9.95. The number of hydrogen-bond donors (Lipinski definition) is 1.